The first kappa shape index (κ1) is 19.1. The maximum atomic E-state index is 12.9. The third kappa shape index (κ3) is 4.55. The topological polar surface area (TPSA) is 58.6 Å². The van der Waals surface area contributed by atoms with Crippen LogP contribution < -0.4 is 5.32 Å². The molecule has 0 bridgehead atoms. The molecule has 3 rings (SSSR count). The average molecular weight is 366 g/mol. The molecule has 1 aliphatic rings. The summed E-state index contributed by atoms with van der Waals surface area (Å²) in [6.45, 7) is 5.51. The van der Waals surface area contributed by atoms with Gasteiger partial charge in [0.1, 0.15) is 6.04 Å². The van der Waals surface area contributed by atoms with Gasteiger partial charge in [0.15, 0.2) is 0 Å². The minimum Gasteiger partial charge on any atom is -0.379 e. The highest BCUT2D eigenvalue weighted by Crippen LogP contribution is 2.34. The van der Waals surface area contributed by atoms with Crippen LogP contribution in [0.15, 0.2) is 54.6 Å². The number of carbonyl (C=O) groups excluding carboxylic acids is 2. The summed E-state index contributed by atoms with van der Waals surface area (Å²) < 4.78 is 5.51. The summed E-state index contributed by atoms with van der Waals surface area (Å²) in [7, 11) is 0. The minimum absolute atomic E-state index is 0.0993. The Morgan fingerprint density at radius 1 is 1.11 bits per heavy atom. The third-order valence-electron chi connectivity index (χ3n) is 4.57. The Balaban J connectivity index is 1.72. The summed E-state index contributed by atoms with van der Waals surface area (Å²) in [5.74, 6) is -0.244. The molecule has 2 amide bonds. The highest BCUT2D eigenvalue weighted by Gasteiger charge is 2.40. The lowest BCUT2D eigenvalue weighted by atomic mass is 10.0. The van der Waals surface area contributed by atoms with Crippen molar-refractivity contribution < 1.29 is 14.3 Å². The molecule has 0 spiro atoms. The summed E-state index contributed by atoms with van der Waals surface area (Å²) in [6.07, 6.45) is 0.923. The predicted octanol–water partition coefficient (Wildman–Crippen LogP) is 3.32. The molecule has 0 aliphatic carbocycles. The molecule has 1 unspecified atom stereocenters. The van der Waals surface area contributed by atoms with Crippen LogP contribution in [-0.2, 0) is 16.1 Å². The Morgan fingerprint density at radius 3 is 2.56 bits per heavy atom. The van der Waals surface area contributed by atoms with E-state index in [2.05, 4.69) is 5.32 Å². The second kappa shape index (κ2) is 8.82. The molecule has 142 valence electrons. The van der Waals surface area contributed by atoms with Crippen molar-refractivity contribution in [1.82, 2.24) is 10.2 Å². The largest absolute Gasteiger partial charge is 0.379 e. The zero-order chi connectivity index (χ0) is 19.2. The van der Waals surface area contributed by atoms with Gasteiger partial charge in [-0.25, -0.2) is 0 Å². The van der Waals surface area contributed by atoms with Crippen molar-refractivity contribution in [2.24, 2.45) is 0 Å². The smallest absolute Gasteiger partial charge is 0.255 e. The van der Waals surface area contributed by atoms with E-state index in [1.54, 1.807) is 11.0 Å². The SMILES string of the molecule is CC(C)OCCCNC(=O)C1c2ccccc2C(=O)N1Cc1ccccc1. The van der Waals surface area contributed by atoms with E-state index in [0.717, 1.165) is 17.5 Å². The number of nitrogens with zero attached hydrogens (tertiary/aromatic N) is 1. The highest BCUT2D eigenvalue weighted by molar-refractivity contribution is 6.04. The first-order chi connectivity index (χ1) is 13.1. The summed E-state index contributed by atoms with van der Waals surface area (Å²) in [4.78, 5) is 27.5. The lowest BCUT2D eigenvalue weighted by Crippen LogP contribution is -2.39. The number of ether oxygens (including phenoxy) is 1. The van der Waals surface area contributed by atoms with Gasteiger partial charge in [-0.05, 0) is 37.5 Å². The minimum atomic E-state index is -0.597. The van der Waals surface area contributed by atoms with E-state index in [9.17, 15) is 9.59 Å². The van der Waals surface area contributed by atoms with E-state index in [0.29, 0.717) is 25.3 Å². The number of carbonyl (C=O) groups is 2. The second-order valence-electron chi connectivity index (χ2n) is 6.97. The fraction of sp³-hybridized carbons (Fsp3) is 0.364. The molecule has 5 nitrogen and oxygen atoms in total. The number of amides is 2. The van der Waals surface area contributed by atoms with E-state index in [1.807, 2.05) is 62.4 Å². The molecule has 1 atom stereocenters. The van der Waals surface area contributed by atoms with Gasteiger partial charge >= 0.3 is 0 Å². The van der Waals surface area contributed by atoms with Gasteiger partial charge < -0.3 is 15.0 Å². The van der Waals surface area contributed by atoms with E-state index in [4.69, 9.17) is 4.74 Å². The van der Waals surface area contributed by atoms with Crippen molar-refractivity contribution in [3.63, 3.8) is 0 Å². The normalized spacial score (nSPS) is 15.9. The van der Waals surface area contributed by atoms with Gasteiger partial charge in [0, 0.05) is 25.3 Å². The Bertz CT molecular complexity index is 789. The molecule has 0 saturated carbocycles. The van der Waals surface area contributed by atoms with Crippen molar-refractivity contribution in [2.75, 3.05) is 13.2 Å². The summed E-state index contributed by atoms with van der Waals surface area (Å²) >= 11 is 0. The molecule has 0 saturated heterocycles. The van der Waals surface area contributed by atoms with Crippen molar-refractivity contribution in [2.45, 2.75) is 39.0 Å². The maximum Gasteiger partial charge on any atom is 0.255 e. The van der Waals surface area contributed by atoms with Crippen LogP contribution in [0.1, 0.15) is 47.8 Å². The van der Waals surface area contributed by atoms with Crippen LogP contribution in [0, 0.1) is 0 Å². The Kier molecular flexibility index (Phi) is 6.24. The molecule has 2 aromatic carbocycles. The number of benzene rings is 2. The van der Waals surface area contributed by atoms with E-state index >= 15 is 0 Å². The quantitative estimate of drug-likeness (QED) is 0.729. The first-order valence-electron chi connectivity index (χ1n) is 9.41. The zero-order valence-electron chi connectivity index (χ0n) is 15.9. The number of fused-ring (bicyclic) bond motifs is 1. The number of rotatable bonds is 8. The summed E-state index contributed by atoms with van der Waals surface area (Å²) in [6, 6.07) is 16.5. The zero-order valence-corrected chi connectivity index (χ0v) is 15.9. The molecule has 5 heteroatoms. The van der Waals surface area contributed by atoms with Gasteiger partial charge in [-0.2, -0.15) is 0 Å². The molecule has 1 aliphatic heterocycles. The van der Waals surface area contributed by atoms with Gasteiger partial charge in [0.05, 0.1) is 6.10 Å². The van der Waals surface area contributed by atoms with Gasteiger partial charge in [-0.15, -0.1) is 0 Å². The van der Waals surface area contributed by atoms with Gasteiger partial charge in [0.25, 0.3) is 5.91 Å². The number of hydrogen-bond acceptors (Lipinski definition) is 3. The molecule has 0 radical (unpaired) electrons. The molecular formula is C22H26N2O3. The van der Waals surface area contributed by atoms with Crippen molar-refractivity contribution in [3.8, 4) is 0 Å². The van der Waals surface area contributed by atoms with Crippen LogP contribution in [0.3, 0.4) is 0 Å². The van der Waals surface area contributed by atoms with Crippen molar-refractivity contribution >= 4 is 11.8 Å². The lowest BCUT2D eigenvalue weighted by molar-refractivity contribution is -0.125. The molecule has 1 heterocycles. The van der Waals surface area contributed by atoms with Gasteiger partial charge in [0.2, 0.25) is 5.91 Å². The third-order valence-corrected chi connectivity index (χ3v) is 4.57. The van der Waals surface area contributed by atoms with Crippen LogP contribution in [0.5, 0.6) is 0 Å². The van der Waals surface area contributed by atoms with Crippen LogP contribution in [0.2, 0.25) is 0 Å². The lowest BCUT2D eigenvalue weighted by Gasteiger charge is -2.25. The molecule has 27 heavy (non-hydrogen) atoms. The first-order valence-corrected chi connectivity index (χ1v) is 9.41. The molecule has 0 fully saturated rings. The second-order valence-corrected chi connectivity index (χ2v) is 6.97. The fourth-order valence-corrected chi connectivity index (χ4v) is 3.30. The van der Waals surface area contributed by atoms with E-state index in [-0.39, 0.29) is 17.9 Å². The van der Waals surface area contributed by atoms with Crippen LogP contribution in [0.4, 0.5) is 0 Å². The monoisotopic (exact) mass is 366 g/mol. The van der Waals surface area contributed by atoms with Crippen LogP contribution >= 0.6 is 0 Å². The van der Waals surface area contributed by atoms with Crippen LogP contribution in [0.25, 0.3) is 0 Å². The Morgan fingerprint density at radius 2 is 1.81 bits per heavy atom. The predicted molar refractivity (Wildman–Crippen MR) is 104 cm³/mol. The highest BCUT2D eigenvalue weighted by atomic mass is 16.5. The standard InChI is InChI=1S/C22H26N2O3/c1-16(2)27-14-8-13-23-21(25)20-18-11-6-7-12-19(18)22(26)24(20)15-17-9-4-3-5-10-17/h3-7,9-12,16,20H,8,13-15H2,1-2H3,(H,23,25). The van der Waals surface area contributed by atoms with Gasteiger partial charge in [-0.1, -0.05) is 48.5 Å². The Hall–Kier alpha value is -2.66. The van der Waals surface area contributed by atoms with Crippen molar-refractivity contribution in [1.29, 1.82) is 0 Å². The number of nitrogens with one attached hydrogen (secondary N) is 1. The Labute approximate surface area is 160 Å². The summed E-state index contributed by atoms with van der Waals surface area (Å²) in [5, 5.41) is 2.96. The van der Waals surface area contributed by atoms with E-state index < -0.39 is 6.04 Å². The number of hydrogen-bond donors (Lipinski definition) is 1. The molecule has 0 aromatic heterocycles. The summed E-state index contributed by atoms with van der Waals surface area (Å²) in [5.41, 5.74) is 2.38. The molecule has 2 aromatic rings. The molecule has 1 N–H and O–H groups in total. The maximum absolute atomic E-state index is 12.9. The fourth-order valence-electron chi connectivity index (χ4n) is 3.30. The van der Waals surface area contributed by atoms with Gasteiger partial charge in [-0.3, -0.25) is 9.59 Å². The van der Waals surface area contributed by atoms with E-state index in [1.165, 1.54) is 0 Å². The van der Waals surface area contributed by atoms with Crippen LogP contribution in [-0.4, -0.2) is 36.0 Å². The molecular weight excluding hydrogens is 340 g/mol. The van der Waals surface area contributed by atoms with Crippen molar-refractivity contribution in [3.05, 3.63) is 71.3 Å². The average Bonchev–Trinajstić information content (AvgIpc) is 2.94.